The van der Waals surface area contributed by atoms with Crippen LogP contribution in [0.4, 0.5) is 10.6 Å². The summed E-state index contributed by atoms with van der Waals surface area (Å²) in [5.41, 5.74) is 2.47. The van der Waals surface area contributed by atoms with Gasteiger partial charge in [0.15, 0.2) is 5.82 Å². The highest BCUT2D eigenvalue weighted by molar-refractivity contribution is 5.92. The molecule has 4 rings (SSSR count). The third-order valence-corrected chi connectivity index (χ3v) is 5.52. The molecule has 2 heterocycles. The van der Waals surface area contributed by atoms with Crippen LogP contribution in [0.3, 0.4) is 0 Å². The van der Waals surface area contributed by atoms with Gasteiger partial charge in [0.2, 0.25) is 0 Å². The van der Waals surface area contributed by atoms with Crippen LogP contribution in [0.25, 0.3) is 22.3 Å². The van der Waals surface area contributed by atoms with Gasteiger partial charge in [-0.2, -0.15) is 0 Å². The third kappa shape index (κ3) is 4.11. The number of aryl methyl sites for hydroxylation is 1. The van der Waals surface area contributed by atoms with Gasteiger partial charge in [0.1, 0.15) is 11.6 Å². The van der Waals surface area contributed by atoms with Gasteiger partial charge in [-0.1, -0.05) is 18.2 Å². The van der Waals surface area contributed by atoms with E-state index in [2.05, 4.69) is 4.90 Å². The number of fused-ring (bicyclic) bond motifs is 1. The van der Waals surface area contributed by atoms with E-state index in [-0.39, 0.29) is 24.2 Å². The molecule has 1 aliphatic heterocycles. The molecule has 1 fully saturated rings. The number of likely N-dealkylation sites (N-methyl/N-ethyl adjacent to an activating group) is 1. The Hall–Kier alpha value is -3.06. The molecule has 0 saturated carbocycles. The second-order valence-corrected chi connectivity index (χ2v) is 7.54. The molecule has 1 aromatic heterocycles. The van der Waals surface area contributed by atoms with Crippen molar-refractivity contribution < 1.29 is 15.0 Å². The first-order valence-corrected chi connectivity index (χ1v) is 9.71. The minimum absolute atomic E-state index is 0. The SMILES string of the molecule is Cc1ccc2c(N3CCC[C@@H](N(C)C(=O)O)C3)nc(-c3ccccc3O)nc2c1.Cl. The van der Waals surface area contributed by atoms with Gasteiger partial charge >= 0.3 is 6.09 Å². The lowest BCUT2D eigenvalue weighted by Crippen LogP contribution is -2.48. The summed E-state index contributed by atoms with van der Waals surface area (Å²) in [6.07, 6.45) is 0.786. The summed E-state index contributed by atoms with van der Waals surface area (Å²) in [7, 11) is 1.62. The fourth-order valence-corrected chi connectivity index (χ4v) is 3.87. The second kappa shape index (κ2) is 8.75. The number of rotatable bonds is 3. The highest BCUT2D eigenvalue weighted by Gasteiger charge is 2.28. The molecule has 158 valence electrons. The number of aromatic hydroxyl groups is 1. The lowest BCUT2D eigenvalue weighted by molar-refractivity contribution is 0.133. The number of hydrogen-bond donors (Lipinski definition) is 2. The van der Waals surface area contributed by atoms with E-state index in [0.29, 0.717) is 17.9 Å². The number of phenolic OH excluding ortho intramolecular Hbond substituents is 1. The summed E-state index contributed by atoms with van der Waals surface area (Å²) in [5, 5.41) is 20.6. The largest absolute Gasteiger partial charge is 0.507 e. The van der Waals surface area contributed by atoms with Crippen molar-refractivity contribution in [1.82, 2.24) is 14.9 Å². The van der Waals surface area contributed by atoms with E-state index in [1.54, 1.807) is 25.2 Å². The normalized spacial score (nSPS) is 16.2. The van der Waals surface area contributed by atoms with Gasteiger partial charge in [-0.05, 0) is 49.6 Å². The first-order valence-electron chi connectivity index (χ1n) is 9.71. The number of piperidine rings is 1. The zero-order valence-electron chi connectivity index (χ0n) is 16.9. The van der Waals surface area contributed by atoms with Crippen LogP contribution in [0.2, 0.25) is 0 Å². The van der Waals surface area contributed by atoms with Crippen molar-refractivity contribution >= 4 is 35.2 Å². The fraction of sp³-hybridized carbons (Fsp3) is 0.318. The summed E-state index contributed by atoms with van der Waals surface area (Å²) < 4.78 is 0. The van der Waals surface area contributed by atoms with Crippen LogP contribution in [0.1, 0.15) is 18.4 Å². The number of halogens is 1. The Labute approximate surface area is 181 Å². The predicted octanol–water partition coefficient (Wildman–Crippen LogP) is 4.31. The highest BCUT2D eigenvalue weighted by atomic mass is 35.5. The van der Waals surface area contributed by atoms with E-state index in [9.17, 15) is 15.0 Å². The molecule has 1 saturated heterocycles. The molecule has 1 atom stereocenters. The third-order valence-electron chi connectivity index (χ3n) is 5.52. The summed E-state index contributed by atoms with van der Waals surface area (Å²) in [6, 6.07) is 13.0. The number of phenols is 1. The van der Waals surface area contributed by atoms with E-state index < -0.39 is 6.09 Å². The van der Waals surface area contributed by atoms with Crippen molar-refractivity contribution in [3.8, 4) is 17.1 Å². The zero-order chi connectivity index (χ0) is 20.5. The first-order chi connectivity index (χ1) is 13.9. The summed E-state index contributed by atoms with van der Waals surface area (Å²) >= 11 is 0. The first kappa shape index (κ1) is 21.6. The Bertz CT molecular complexity index is 1080. The molecule has 1 amide bonds. The van der Waals surface area contributed by atoms with Crippen molar-refractivity contribution in [2.45, 2.75) is 25.8 Å². The minimum Gasteiger partial charge on any atom is -0.507 e. The topological polar surface area (TPSA) is 89.8 Å². The average Bonchev–Trinajstić information content (AvgIpc) is 2.72. The molecule has 1 aliphatic rings. The number of carboxylic acid groups (broad SMARTS) is 1. The van der Waals surface area contributed by atoms with Crippen LogP contribution in [0.5, 0.6) is 5.75 Å². The van der Waals surface area contributed by atoms with Crippen molar-refractivity contribution in [2.75, 3.05) is 25.0 Å². The molecule has 2 aromatic carbocycles. The van der Waals surface area contributed by atoms with Crippen molar-refractivity contribution in [1.29, 1.82) is 0 Å². The minimum atomic E-state index is -0.921. The van der Waals surface area contributed by atoms with E-state index >= 15 is 0 Å². The van der Waals surface area contributed by atoms with Crippen LogP contribution in [-0.4, -0.2) is 57.4 Å². The molecule has 0 bridgehead atoms. The van der Waals surface area contributed by atoms with Crippen molar-refractivity contribution in [3.05, 3.63) is 48.0 Å². The summed E-state index contributed by atoms with van der Waals surface area (Å²) in [6.45, 7) is 3.38. The smallest absolute Gasteiger partial charge is 0.407 e. The standard InChI is InChI=1S/C22H24N4O3.ClH/c1-14-9-10-16-18(12-14)23-20(17-7-3-4-8-19(17)27)24-21(16)26-11-5-6-15(13-26)25(2)22(28)29;/h3-4,7-10,12,15,27H,5-6,11,13H2,1-2H3,(H,28,29);1H/t15-;/m1./s1. The van der Waals surface area contributed by atoms with Gasteiger partial charge in [0.05, 0.1) is 17.1 Å². The van der Waals surface area contributed by atoms with E-state index in [1.807, 2.05) is 31.2 Å². The molecule has 8 heteroatoms. The summed E-state index contributed by atoms with van der Waals surface area (Å²) in [4.78, 5) is 24.5. The number of amides is 1. The number of carbonyl (C=O) groups is 1. The number of para-hydroxylation sites is 1. The summed E-state index contributed by atoms with van der Waals surface area (Å²) in [5.74, 6) is 1.37. The van der Waals surface area contributed by atoms with E-state index in [1.165, 1.54) is 4.90 Å². The molecule has 0 spiro atoms. The molecule has 0 radical (unpaired) electrons. The average molecular weight is 429 g/mol. The van der Waals surface area contributed by atoms with Crippen LogP contribution in [-0.2, 0) is 0 Å². The molecule has 7 nitrogen and oxygen atoms in total. The number of benzene rings is 2. The fourth-order valence-electron chi connectivity index (χ4n) is 3.87. The van der Waals surface area contributed by atoms with Gasteiger partial charge in [-0.15, -0.1) is 12.4 Å². The molecule has 30 heavy (non-hydrogen) atoms. The Morgan fingerprint density at radius 2 is 1.97 bits per heavy atom. The van der Waals surface area contributed by atoms with Gasteiger partial charge in [-0.25, -0.2) is 14.8 Å². The highest BCUT2D eigenvalue weighted by Crippen LogP contribution is 2.33. The van der Waals surface area contributed by atoms with Crippen LogP contribution >= 0.6 is 12.4 Å². The maximum atomic E-state index is 11.4. The van der Waals surface area contributed by atoms with Gasteiger partial charge < -0.3 is 20.0 Å². The molecule has 2 N–H and O–H groups in total. The van der Waals surface area contributed by atoms with Gasteiger partial charge in [0.25, 0.3) is 0 Å². The molecular formula is C22H25ClN4O3. The Kier molecular flexibility index (Phi) is 6.31. The van der Waals surface area contributed by atoms with Gasteiger partial charge in [-0.3, -0.25) is 0 Å². The second-order valence-electron chi connectivity index (χ2n) is 7.54. The Morgan fingerprint density at radius 3 is 2.70 bits per heavy atom. The monoisotopic (exact) mass is 428 g/mol. The molecule has 3 aromatic rings. The molecule has 0 unspecified atom stereocenters. The molecular weight excluding hydrogens is 404 g/mol. The number of nitrogens with zero attached hydrogens (tertiary/aromatic N) is 4. The lowest BCUT2D eigenvalue weighted by atomic mass is 10.0. The van der Waals surface area contributed by atoms with Crippen LogP contribution in [0.15, 0.2) is 42.5 Å². The number of anilines is 1. The van der Waals surface area contributed by atoms with Crippen molar-refractivity contribution in [2.24, 2.45) is 0 Å². The lowest BCUT2D eigenvalue weighted by Gasteiger charge is -2.37. The quantitative estimate of drug-likeness (QED) is 0.646. The maximum Gasteiger partial charge on any atom is 0.407 e. The van der Waals surface area contributed by atoms with Crippen LogP contribution in [0, 0.1) is 6.92 Å². The maximum absolute atomic E-state index is 11.4. The number of hydrogen-bond acceptors (Lipinski definition) is 5. The predicted molar refractivity (Wildman–Crippen MR) is 120 cm³/mol. The van der Waals surface area contributed by atoms with Crippen LogP contribution < -0.4 is 4.90 Å². The van der Waals surface area contributed by atoms with E-state index in [0.717, 1.165) is 41.7 Å². The molecule has 0 aliphatic carbocycles. The number of aromatic nitrogens is 2. The van der Waals surface area contributed by atoms with Gasteiger partial charge in [0, 0.05) is 25.5 Å². The Balaban J connectivity index is 0.00000256. The van der Waals surface area contributed by atoms with E-state index in [4.69, 9.17) is 9.97 Å². The zero-order valence-corrected chi connectivity index (χ0v) is 17.8. The van der Waals surface area contributed by atoms with Crippen molar-refractivity contribution in [3.63, 3.8) is 0 Å². The Morgan fingerprint density at radius 1 is 1.20 bits per heavy atom.